The van der Waals surface area contributed by atoms with Crippen LogP contribution in [0.5, 0.6) is 0 Å². The van der Waals surface area contributed by atoms with E-state index < -0.39 is 124 Å². The number of anilines is 3. The smallest absolute Gasteiger partial charge is 0.159 e. The van der Waals surface area contributed by atoms with Gasteiger partial charge in [-0.3, -0.25) is 0 Å². The van der Waals surface area contributed by atoms with E-state index in [1.165, 1.54) is 0 Å². The van der Waals surface area contributed by atoms with Crippen molar-refractivity contribution >= 4 is 49.8 Å². The third-order valence-electron chi connectivity index (χ3n) is 9.33. The summed E-state index contributed by atoms with van der Waals surface area (Å²) in [4.78, 5) is 1.59. The molecular weight excluding hydrogens is 655 g/mol. The zero-order chi connectivity index (χ0) is 48.9. The predicted molar refractivity (Wildman–Crippen MR) is 228 cm³/mol. The van der Waals surface area contributed by atoms with Crippen LogP contribution in [0.25, 0.3) is 77.2 Å². The van der Waals surface area contributed by atoms with Crippen LogP contribution in [0, 0.1) is 0 Å². The lowest BCUT2D eigenvalue weighted by Gasteiger charge is -2.27. The molecule has 2 heteroatoms. The molecule has 0 aliphatic heterocycles. The van der Waals surface area contributed by atoms with E-state index in [0.29, 0.717) is 22.5 Å². The molecule has 0 spiro atoms. The summed E-state index contributed by atoms with van der Waals surface area (Å²) in [7, 11) is 0. The van der Waals surface area contributed by atoms with Crippen molar-refractivity contribution in [2.24, 2.45) is 0 Å². The maximum atomic E-state index is 9.72. The fraction of sp³-hybridized carbons (Fsp3) is 0. The quantitative estimate of drug-likeness (QED) is 0.164. The molecule has 1 heterocycles. The number of para-hydroxylation sites is 2. The van der Waals surface area contributed by atoms with Crippen LogP contribution in [0.2, 0.25) is 0 Å². The lowest BCUT2D eigenvalue weighted by Crippen LogP contribution is -2.10. The molecule has 0 atom stereocenters. The number of benzene rings is 9. The van der Waals surface area contributed by atoms with Crippen LogP contribution < -0.4 is 4.90 Å². The number of furan rings is 1. The summed E-state index contributed by atoms with van der Waals surface area (Å²) < 4.78 is 142. The first kappa shape index (κ1) is 19.6. The van der Waals surface area contributed by atoms with Gasteiger partial charge in [-0.1, -0.05) is 176 Å². The number of nitrogens with zero attached hydrogens (tertiary/aromatic N) is 1. The van der Waals surface area contributed by atoms with Crippen LogP contribution in [0.3, 0.4) is 0 Å². The van der Waals surface area contributed by atoms with E-state index >= 15 is 0 Å². The van der Waals surface area contributed by atoms with E-state index in [1.807, 2.05) is 109 Å². The highest BCUT2D eigenvalue weighted by molar-refractivity contribution is 6.10. The molecule has 0 fully saturated rings. The Kier molecular flexibility index (Phi) is 4.88. The third-order valence-corrected chi connectivity index (χ3v) is 9.33. The summed E-state index contributed by atoms with van der Waals surface area (Å²) in [5.41, 5.74) is 2.77. The molecule has 54 heavy (non-hydrogen) atoms. The maximum Gasteiger partial charge on any atom is 0.159 e. The molecule has 0 aliphatic carbocycles. The second-order valence-corrected chi connectivity index (χ2v) is 12.5. The van der Waals surface area contributed by atoms with Gasteiger partial charge in [0, 0.05) is 22.1 Å². The molecule has 9 aromatic carbocycles. The van der Waals surface area contributed by atoms with Gasteiger partial charge in [0.25, 0.3) is 0 Å². The summed E-state index contributed by atoms with van der Waals surface area (Å²) in [6.07, 6.45) is 0. The molecule has 0 unspecified atom stereocenters. The second-order valence-electron chi connectivity index (χ2n) is 12.5. The summed E-state index contributed by atoms with van der Waals surface area (Å²) >= 11 is 0. The largest absolute Gasteiger partial charge is 0.454 e. The fourth-order valence-corrected chi connectivity index (χ4v) is 6.80. The van der Waals surface area contributed by atoms with Gasteiger partial charge >= 0.3 is 0 Å². The van der Waals surface area contributed by atoms with Crippen molar-refractivity contribution in [1.29, 1.82) is 0 Å². The monoisotopic (exact) mass is 704 g/mol. The standard InChI is InChI=1S/C52H35NO/c1-3-13-38(14-4-1)46-34-33-43(35-49(46)40-15-5-2-6-16-40)53(50-23-12-22-48-47-20-9-10-24-51(47)54-52(48)50)42-31-29-37(30-32-42)36-25-27-41(28-26-36)45-21-11-18-39-17-7-8-19-44(39)45/h1-35H/i7D,8D,11D,17D,18D,19D,21D,25D,26D,27D,28D,29D,30D,31D,32D. The summed E-state index contributed by atoms with van der Waals surface area (Å²) in [5.74, 6) is 0. The molecule has 0 radical (unpaired) electrons. The lowest BCUT2D eigenvalue weighted by atomic mass is 9.93. The van der Waals surface area contributed by atoms with Crippen LogP contribution in [0.15, 0.2) is 216 Å². The first-order chi connectivity index (χ1) is 33.0. The minimum Gasteiger partial charge on any atom is -0.454 e. The minimum atomic E-state index is -0.837. The van der Waals surface area contributed by atoms with Crippen LogP contribution in [-0.2, 0) is 0 Å². The zero-order valence-electron chi connectivity index (χ0n) is 43.4. The van der Waals surface area contributed by atoms with Gasteiger partial charge in [0.2, 0.25) is 0 Å². The van der Waals surface area contributed by atoms with Gasteiger partial charge in [-0.2, -0.15) is 0 Å². The Hall–Kier alpha value is -7.16. The van der Waals surface area contributed by atoms with E-state index in [4.69, 9.17) is 14.0 Å². The molecule has 0 amide bonds. The van der Waals surface area contributed by atoms with E-state index in [1.54, 1.807) is 17.0 Å². The van der Waals surface area contributed by atoms with Gasteiger partial charge in [-0.15, -0.1) is 0 Å². The summed E-state index contributed by atoms with van der Waals surface area (Å²) in [6.45, 7) is 0. The maximum absolute atomic E-state index is 9.72. The Morgan fingerprint density at radius 2 is 1.02 bits per heavy atom. The SMILES string of the molecule is [2H]c1c([2H])c(-c2c([2H])c([2H])c([2H])c3c([2H])c([2H])c([2H])c([2H])c23)c([2H])c([2H])c1-c1c([2H])c([2H])c(N(c2ccc(-c3ccccc3)c(-c3ccccc3)c2)c2cccc3c2oc2ccccc23)c([2H])c1[2H]. The number of hydrogen-bond donors (Lipinski definition) is 0. The van der Waals surface area contributed by atoms with Crippen molar-refractivity contribution in [2.45, 2.75) is 0 Å². The summed E-state index contributed by atoms with van der Waals surface area (Å²) in [5, 5.41) is 0.644. The van der Waals surface area contributed by atoms with E-state index in [2.05, 4.69) is 0 Å². The van der Waals surface area contributed by atoms with Crippen LogP contribution >= 0.6 is 0 Å². The fourth-order valence-electron chi connectivity index (χ4n) is 6.80. The molecule has 0 saturated carbocycles. The summed E-state index contributed by atoms with van der Waals surface area (Å²) in [6, 6.07) is 27.0. The molecule has 2 nitrogen and oxygen atoms in total. The average Bonchev–Trinajstić information content (AvgIpc) is 3.76. The first-order valence-electron chi connectivity index (χ1n) is 24.7. The van der Waals surface area contributed by atoms with Gasteiger partial charge in [0.05, 0.1) is 26.2 Å². The highest BCUT2D eigenvalue weighted by atomic mass is 16.3. The van der Waals surface area contributed by atoms with Gasteiger partial charge in [-0.05, 0) is 91.6 Å². The molecule has 10 rings (SSSR count). The molecule has 254 valence electrons. The van der Waals surface area contributed by atoms with Crippen LogP contribution in [-0.4, -0.2) is 0 Å². The van der Waals surface area contributed by atoms with Crippen molar-refractivity contribution in [1.82, 2.24) is 0 Å². The molecular formula is C52H35NO. The first-order valence-corrected chi connectivity index (χ1v) is 17.2. The van der Waals surface area contributed by atoms with Crippen molar-refractivity contribution in [2.75, 3.05) is 4.90 Å². The van der Waals surface area contributed by atoms with Gasteiger partial charge < -0.3 is 9.32 Å². The highest BCUT2D eigenvalue weighted by Gasteiger charge is 2.21. The van der Waals surface area contributed by atoms with Crippen molar-refractivity contribution in [3.63, 3.8) is 0 Å². The molecule has 0 bridgehead atoms. The molecule has 10 aromatic rings. The molecule has 1 aromatic heterocycles. The second kappa shape index (κ2) is 13.4. The van der Waals surface area contributed by atoms with Crippen molar-refractivity contribution in [3.8, 4) is 44.5 Å². The van der Waals surface area contributed by atoms with Gasteiger partial charge in [0.1, 0.15) is 5.58 Å². The van der Waals surface area contributed by atoms with E-state index in [-0.39, 0.29) is 5.69 Å². The molecule has 0 saturated heterocycles. The highest BCUT2D eigenvalue weighted by Crippen LogP contribution is 2.45. The number of rotatable bonds is 7. The molecule has 0 aliphatic rings. The Bertz CT molecular complexity index is 3730. The topological polar surface area (TPSA) is 16.4 Å². The minimum absolute atomic E-state index is 0.210. The van der Waals surface area contributed by atoms with Crippen molar-refractivity contribution in [3.05, 3.63) is 212 Å². The van der Waals surface area contributed by atoms with Crippen LogP contribution in [0.1, 0.15) is 20.6 Å². The average molecular weight is 705 g/mol. The predicted octanol–water partition coefficient (Wildman–Crippen LogP) is 14.9. The van der Waals surface area contributed by atoms with E-state index in [9.17, 15) is 11.0 Å². The van der Waals surface area contributed by atoms with E-state index in [0.717, 1.165) is 33.0 Å². The van der Waals surface area contributed by atoms with Gasteiger partial charge in [-0.25, -0.2) is 0 Å². The lowest BCUT2D eigenvalue weighted by molar-refractivity contribution is 0.669. The van der Waals surface area contributed by atoms with Gasteiger partial charge in [0.15, 0.2) is 5.58 Å². The number of fused-ring (bicyclic) bond motifs is 4. The normalized spacial score (nSPS) is 15.2. The zero-order valence-corrected chi connectivity index (χ0v) is 28.4. The van der Waals surface area contributed by atoms with Crippen molar-refractivity contribution < 1.29 is 25.0 Å². The molecule has 0 N–H and O–H groups in total. The third kappa shape index (κ3) is 5.62. The number of hydrogen-bond acceptors (Lipinski definition) is 2. The van der Waals surface area contributed by atoms with Crippen LogP contribution in [0.4, 0.5) is 17.1 Å². The Morgan fingerprint density at radius 3 is 1.80 bits per heavy atom. The Morgan fingerprint density at radius 1 is 0.389 bits per heavy atom. The Labute approximate surface area is 335 Å². The Balaban J connectivity index is 1.24.